The van der Waals surface area contributed by atoms with Crippen LogP contribution in [0.2, 0.25) is 0 Å². The van der Waals surface area contributed by atoms with Gasteiger partial charge in [0.15, 0.2) is 0 Å². The van der Waals surface area contributed by atoms with Crippen molar-refractivity contribution < 1.29 is 13.6 Å². The van der Waals surface area contributed by atoms with Crippen LogP contribution >= 0.6 is 0 Å². The van der Waals surface area contributed by atoms with Crippen molar-refractivity contribution in [3.8, 4) is 0 Å². The Kier molecular flexibility index (Phi) is 7.09. The van der Waals surface area contributed by atoms with Crippen LogP contribution < -0.4 is 5.32 Å². The lowest BCUT2D eigenvalue weighted by molar-refractivity contribution is -0.122. The number of benzene rings is 3. The number of rotatable bonds is 8. The molecule has 0 fully saturated rings. The summed E-state index contributed by atoms with van der Waals surface area (Å²) in [6, 6.07) is 22.3. The van der Waals surface area contributed by atoms with Crippen LogP contribution in [0.1, 0.15) is 22.7 Å². The van der Waals surface area contributed by atoms with E-state index in [0.717, 1.165) is 16.7 Å². The summed E-state index contributed by atoms with van der Waals surface area (Å²) in [5.41, 5.74) is 2.91. The Balaban J connectivity index is 1.63. The van der Waals surface area contributed by atoms with E-state index in [1.54, 1.807) is 24.3 Å². The first-order valence-electron chi connectivity index (χ1n) is 9.55. The van der Waals surface area contributed by atoms with Crippen LogP contribution in [0.4, 0.5) is 8.78 Å². The maximum absolute atomic E-state index is 13.4. The van der Waals surface area contributed by atoms with Gasteiger partial charge in [-0.2, -0.15) is 0 Å². The van der Waals surface area contributed by atoms with Crippen molar-refractivity contribution in [1.82, 2.24) is 10.2 Å². The van der Waals surface area contributed by atoms with E-state index in [2.05, 4.69) is 5.32 Å². The van der Waals surface area contributed by atoms with Crippen LogP contribution in [-0.4, -0.2) is 30.9 Å². The van der Waals surface area contributed by atoms with Crippen molar-refractivity contribution in [2.24, 2.45) is 0 Å². The molecule has 1 N–H and O–H groups in total. The van der Waals surface area contributed by atoms with Crippen molar-refractivity contribution in [1.29, 1.82) is 0 Å². The topological polar surface area (TPSA) is 32.3 Å². The van der Waals surface area contributed by atoms with Crippen LogP contribution in [0.3, 0.4) is 0 Å². The highest BCUT2D eigenvalue weighted by Crippen LogP contribution is 2.27. The molecule has 0 saturated carbocycles. The van der Waals surface area contributed by atoms with Gasteiger partial charge in [-0.05, 0) is 54.4 Å². The molecule has 5 heteroatoms. The summed E-state index contributed by atoms with van der Waals surface area (Å²) < 4.78 is 26.3. The van der Waals surface area contributed by atoms with E-state index in [9.17, 15) is 13.6 Å². The van der Waals surface area contributed by atoms with E-state index in [1.165, 1.54) is 24.3 Å². The van der Waals surface area contributed by atoms with E-state index in [-0.39, 0.29) is 30.1 Å². The van der Waals surface area contributed by atoms with Gasteiger partial charge < -0.3 is 5.32 Å². The number of carbonyl (C=O) groups is 1. The van der Waals surface area contributed by atoms with Crippen LogP contribution in [0.5, 0.6) is 0 Å². The second-order valence-corrected chi connectivity index (χ2v) is 7.01. The number of nitrogens with zero attached hydrogens (tertiary/aromatic N) is 1. The van der Waals surface area contributed by atoms with Crippen molar-refractivity contribution in [3.05, 3.63) is 107 Å². The van der Waals surface area contributed by atoms with Crippen molar-refractivity contribution >= 4 is 5.91 Å². The van der Waals surface area contributed by atoms with Crippen LogP contribution in [0.15, 0.2) is 78.9 Å². The standard InChI is InChI=1S/C24H24F2N2O/c1-28(17-23(29)27-16-15-18-7-11-21(25)12-8-18)24(19-5-3-2-4-6-19)20-9-13-22(26)14-10-20/h2-14,24H,15-17H2,1H3,(H,27,29)/t24-/m1/s1. The Morgan fingerprint density at radius 3 is 2.03 bits per heavy atom. The van der Waals surface area contributed by atoms with Crippen LogP contribution in [0.25, 0.3) is 0 Å². The molecular formula is C24H24F2N2O. The Morgan fingerprint density at radius 2 is 1.41 bits per heavy atom. The lowest BCUT2D eigenvalue weighted by atomic mass is 9.97. The molecule has 0 aliphatic heterocycles. The minimum Gasteiger partial charge on any atom is -0.355 e. The molecule has 0 radical (unpaired) electrons. The predicted octanol–water partition coefficient (Wildman–Crippen LogP) is 4.34. The second kappa shape index (κ2) is 9.94. The lowest BCUT2D eigenvalue weighted by Crippen LogP contribution is -2.38. The molecule has 3 rings (SSSR count). The van der Waals surface area contributed by atoms with E-state index in [1.807, 2.05) is 42.3 Å². The zero-order valence-electron chi connectivity index (χ0n) is 16.3. The summed E-state index contributed by atoms with van der Waals surface area (Å²) in [6.07, 6.45) is 0.635. The normalized spacial score (nSPS) is 12.0. The maximum atomic E-state index is 13.4. The number of hydrogen-bond donors (Lipinski definition) is 1. The fourth-order valence-electron chi connectivity index (χ4n) is 3.35. The SMILES string of the molecule is CN(CC(=O)NCCc1ccc(F)cc1)[C@H](c1ccccc1)c1ccc(F)cc1. The molecule has 3 aromatic carbocycles. The molecule has 0 saturated heterocycles. The smallest absolute Gasteiger partial charge is 0.234 e. The quantitative estimate of drug-likeness (QED) is 0.616. The van der Waals surface area contributed by atoms with Gasteiger partial charge >= 0.3 is 0 Å². The fraction of sp³-hybridized carbons (Fsp3) is 0.208. The Labute approximate surface area is 170 Å². The van der Waals surface area contributed by atoms with Crippen LogP contribution in [-0.2, 0) is 11.2 Å². The zero-order chi connectivity index (χ0) is 20.6. The number of halogens is 2. The number of carbonyl (C=O) groups excluding carboxylic acids is 1. The molecule has 29 heavy (non-hydrogen) atoms. The molecule has 0 aromatic heterocycles. The van der Waals surface area contributed by atoms with E-state index < -0.39 is 0 Å². The first kappa shape index (κ1) is 20.7. The van der Waals surface area contributed by atoms with Gasteiger partial charge in [-0.1, -0.05) is 54.6 Å². The summed E-state index contributed by atoms with van der Waals surface area (Å²) in [7, 11) is 1.88. The minimum atomic E-state index is -0.290. The van der Waals surface area contributed by atoms with Crippen molar-refractivity contribution in [3.63, 3.8) is 0 Å². The number of likely N-dealkylation sites (N-methyl/N-ethyl adjacent to an activating group) is 1. The molecule has 0 bridgehead atoms. The zero-order valence-corrected chi connectivity index (χ0v) is 16.3. The fourth-order valence-corrected chi connectivity index (χ4v) is 3.35. The van der Waals surface area contributed by atoms with E-state index >= 15 is 0 Å². The van der Waals surface area contributed by atoms with Gasteiger partial charge in [0, 0.05) is 6.54 Å². The van der Waals surface area contributed by atoms with E-state index in [4.69, 9.17) is 0 Å². The van der Waals surface area contributed by atoms with Crippen molar-refractivity contribution in [2.45, 2.75) is 12.5 Å². The molecule has 3 nitrogen and oxygen atoms in total. The summed E-state index contributed by atoms with van der Waals surface area (Å²) in [4.78, 5) is 14.4. The Bertz CT molecular complexity index is 912. The monoisotopic (exact) mass is 394 g/mol. The molecule has 150 valence electrons. The molecule has 1 amide bonds. The summed E-state index contributed by atoms with van der Waals surface area (Å²) in [5, 5.41) is 2.91. The first-order chi connectivity index (χ1) is 14.0. The molecule has 3 aromatic rings. The minimum absolute atomic E-state index is 0.0994. The number of hydrogen-bond acceptors (Lipinski definition) is 2. The van der Waals surface area contributed by atoms with Gasteiger partial charge in [0.25, 0.3) is 0 Å². The summed E-state index contributed by atoms with van der Waals surface area (Å²) in [5.74, 6) is -0.661. The van der Waals surface area contributed by atoms with Gasteiger partial charge in [0.05, 0.1) is 12.6 Å². The average Bonchev–Trinajstić information content (AvgIpc) is 2.72. The van der Waals surface area contributed by atoms with Gasteiger partial charge in [-0.25, -0.2) is 8.78 Å². The van der Waals surface area contributed by atoms with Gasteiger partial charge in [0.2, 0.25) is 5.91 Å². The van der Waals surface area contributed by atoms with Gasteiger partial charge in [-0.3, -0.25) is 9.69 Å². The molecule has 0 aliphatic carbocycles. The number of amides is 1. The van der Waals surface area contributed by atoms with Crippen LogP contribution in [0, 0.1) is 11.6 Å². The van der Waals surface area contributed by atoms with Gasteiger partial charge in [0.1, 0.15) is 11.6 Å². The molecule has 0 spiro atoms. The lowest BCUT2D eigenvalue weighted by Gasteiger charge is -2.28. The number of nitrogens with one attached hydrogen (secondary N) is 1. The first-order valence-corrected chi connectivity index (χ1v) is 9.55. The molecule has 0 heterocycles. The highest BCUT2D eigenvalue weighted by atomic mass is 19.1. The third-order valence-corrected chi connectivity index (χ3v) is 4.78. The summed E-state index contributed by atoms with van der Waals surface area (Å²) >= 11 is 0. The molecule has 0 aliphatic rings. The highest BCUT2D eigenvalue weighted by Gasteiger charge is 2.21. The summed E-state index contributed by atoms with van der Waals surface area (Å²) in [6.45, 7) is 0.672. The van der Waals surface area contributed by atoms with Crippen molar-refractivity contribution in [2.75, 3.05) is 20.1 Å². The molecule has 1 atom stereocenters. The van der Waals surface area contributed by atoms with E-state index in [0.29, 0.717) is 13.0 Å². The third-order valence-electron chi connectivity index (χ3n) is 4.78. The average molecular weight is 394 g/mol. The molecular weight excluding hydrogens is 370 g/mol. The largest absolute Gasteiger partial charge is 0.355 e. The Morgan fingerprint density at radius 1 is 0.862 bits per heavy atom. The third kappa shape index (κ3) is 5.96. The Hall–Kier alpha value is -3.05. The molecule has 0 unspecified atom stereocenters. The second-order valence-electron chi connectivity index (χ2n) is 7.01. The van der Waals surface area contributed by atoms with Gasteiger partial charge in [-0.15, -0.1) is 0 Å². The maximum Gasteiger partial charge on any atom is 0.234 e. The predicted molar refractivity (Wildman–Crippen MR) is 110 cm³/mol. The highest BCUT2D eigenvalue weighted by molar-refractivity contribution is 5.78.